The topological polar surface area (TPSA) is 95.1 Å². The van der Waals surface area contributed by atoms with Crippen LogP contribution in [0.5, 0.6) is 5.75 Å². The molecule has 0 spiro atoms. The van der Waals surface area contributed by atoms with Gasteiger partial charge in [-0.05, 0) is 61.6 Å². The first-order valence-corrected chi connectivity index (χ1v) is 12.0. The first-order chi connectivity index (χ1) is 16.3. The molecule has 1 amide bonds. The van der Waals surface area contributed by atoms with Crippen LogP contribution in [-0.4, -0.2) is 26.9 Å². The SMILES string of the molecule is CSc1cc(C(=O)Nc2cccc(C(C)Oc3cc(-c4cnn(C)c4)cnc3N)c2)ccc1C. The smallest absolute Gasteiger partial charge is 0.255 e. The van der Waals surface area contributed by atoms with Crippen LogP contribution >= 0.6 is 11.8 Å². The van der Waals surface area contributed by atoms with Crippen molar-refractivity contribution in [2.24, 2.45) is 7.05 Å². The van der Waals surface area contributed by atoms with Crippen molar-refractivity contribution in [3.63, 3.8) is 0 Å². The predicted molar refractivity (Wildman–Crippen MR) is 137 cm³/mol. The van der Waals surface area contributed by atoms with E-state index < -0.39 is 0 Å². The number of nitrogen functional groups attached to an aromatic ring is 1. The average Bonchev–Trinajstić information content (AvgIpc) is 3.27. The van der Waals surface area contributed by atoms with E-state index in [0.29, 0.717) is 22.8 Å². The molecular weight excluding hydrogens is 446 g/mol. The van der Waals surface area contributed by atoms with Crippen LogP contribution in [0.25, 0.3) is 11.1 Å². The lowest BCUT2D eigenvalue weighted by atomic mass is 10.1. The third-order valence-corrected chi connectivity index (χ3v) is 6.39. The van der Waals surface area contributed by atoms with Gasteiger partial charge in [0.15, 0.2) is 11.6 Å². The van der Waals surface area contributed by atoms with Crippen LogP contribution in [0.3, 0.4) is 0 Å². The van der Waals surface area contributed by atoms with Gasteiger partial charge < -0.3 is 15.8 Å². The number of nitrogens with one attached hydrogen (secondary N) is 1. The van der Waals surface area contributed by atoms with Crippen LogP contribution < -0.4 is 15.8 Å². The zero-order chi connectivity index (χ0) is 24.2. The number of hydrogen-bond acceptors (Lipinski definition) is 6. The average molecular weight is 474 g/mol. The normalized spacial score (nSPS) is 11.8. The lowest BCUT2D eigenvalue weighted by Crippen LogP contribution is -2.13. The second-order valence-electron chi connectivity index (χ2n) is 8.03. The number of aryl methyl sites for hydroxylation is 2. The number of anilines is 2. The van der Waals surface area contributed by atoms with Crippen molar-refractivity contribution in [2.75, 3.05) is 17.3 Å². The molecule has 0 saturated heterocycles. The number of carbonyl (C=O) groups excluding carboxylic acids is 1. The highest BCUT2D eigenvalue weighted by Gasteiger charge is 2.14. The number of nitrogens with two attached hydrogens (primary N) is 1. The fraction of sp³-hybridized carbons (Fsp3) is 0.192. The van der Waals surface area contributed by atoms with Crippen LogP contribution in [0.2, 0.25) is 0 Å². The lowest BCUT2D eigenvalue weighted by molar-refractivity contribution is 0.102. The van der Waals surface area contributed by atoms with Crippen molar-refractivity contribution >= 4 is 29.2 Å². The van der Waals surface area contributed by atoms with E-state index in [0.717, 1.165) is 27.1 Å². The second kappa shape index (κ2) is 10.0. The summed E-state index contributed by atoms with van der Waals surface area (Å²) in [4.78, 5) is 18.2. The molecule has 4 rings (SSSR count). The Hall–Kier alpha value is -3.78. The van der Waals surface area contributed by atoms with E-state index >= 15 is 0 Å². The molecule has 0 aliphatic rings. The van der Waals surface area contributed by atoms with Crippen LogP contribution in [0, 0.1) is 6.92 Å². The highest BCUT2D eigenvalue weighted by atomic mass is 32.2. The number of aromatic nitrogens is 3. The van der Waals surface area contributed by atoms with Gasteiger partial charge in [0, 0.05) is 46.7 Å². The fourth-order valence-corrected chi connectivity index (χ4v) is 4.20. The van der Waals surface area contributed by atoms with Crippen LogP contribution in [-0.2, 0) is 7.05 Å². The molecule has 1 atom stereocenters. The summed E-state index contributed by atoms with van der Waals surface area (Å²) in [5.41, 5.74) is 11.2. The zero-order valence-electron chi connectivity index (χ0n) is 19.6. The van der Waals surface area contributed by atoms with Crippen molar-refractivity contribution in [1.29, 1.82) is 0 Å². The number of amides is 1. The van der Waals surface area contributed by atoms with Crippen molar-refractivity contribution < 1.29 is 9.53 Å². The summed E-state index contributed by atoms with van der Waals surface area (Å²) in [5, 5.41) is 7.19. The van der Waals surface area contributed by atoms with Crippen molar-refractivity contribution in [1.82, 2.24) is 14.8 Å². The standard InChI is InChI=1S/C26H27N5O2S/c1-16-8-9-19(12-24(16)34-4)26(32)30-22-7-5-6-18(10-22)17(2)33-23-11-20(13-28-25(23)27)21-14-29-31(3)15-21/h5-15,17H,1-4H3,(H2,27,28)(H,30,32). The number of ether oxygens (including phenoxy) is 1. The molecule has 2 heterocycles. The van der Waals surface area contributed by atoms with Crippen molar-refractivity contribution in [2.45, 2.75) is 24.8 Å². The largest absolute Gasteiger partial charge is 0.482 e. The Morgan fingerprint density at radius 3 is 2.71 bits per heavy atom. The monoisotopic (exact) mass is 473 g/mol. The molecule has 2 aromatic heterocycles. The maximum Gasteiger partial charge on any atom is 0.255 e. The van der Waals surface area contributed by atoms with Gasteiger partial charge in [0.05, 0.1) is 6.20 Å². The van der Waals surface area contributed by atoms with E-state index in [-0.39, 0.29) is 12.0 Å². The first-order valence-electron chi connectivity index (χ1n) is 10.8. The van der Waals surface area contributed by atoms with Gasteiger partial charge in [-0.3, -0.25) is 9.48 Å². The molecule has 0 aliphatic carbocycles. The summed E-state index contributed by atoms with van der Waals surface area (Å²) in [5.74, 6) is 0.652. The van der Waals surface area contributed by atoms with Crippen molar-refractivity contribution in [3.05, 3.63) is 83.8 Å². The summed E-state index contributed by atoms with van der Waals surface area (Å²) in [6, 6.07) is 15.2. The Balaban J connectivity index is 1.50. The quantitative estimate of drug-likeness (QED) is 0.345. The highest BCUT2D eigenvalue weighted by molar-refractivity contribution is 7.98. The summed E-state index contributed by atoms with van der Waals surface area (Å²) < 4.78 is 7.89. The molecule has 8 heteroatoms. The molecule has 34 heavy (non-hydrogen) atoms. The number of pyridine rings is 1. The minimum absolute atomic E-state index is 0.154. The summed E-state index contributed by atoms with van der Waals surface area (Å²) in [6.45, 7) is 3.97. The molecule has 4 aromatic rings. The maximum atomic E-state index is 12.8. The van der Waals surface area contributed by atoms with E-state index in [4.69, 9.17) is 10.5 Å². The molecule has 0 aliphatic heterocycles. The molecule has 1 unspecified atom stereocenters. The highest BCUT2D eigenvalue weighted by Crippen LogP contribution is 2.31. The molecule has 2 aromatic carbocycles. The second-order valence-corrected chi connectivity index (χ2v) is 8.88. The number of thioether (sulfide) groups is 1. The van der Waals surface area contributed by atoms with Gasteiger partial charge in [-0.1, -0.05) is 18.2 Å². The summed E-state index contributed by atoms with van der Waals surface area (Å²) >= 11 is 1.63. The molecule has 0 radical (unpaired) electrons. The fourth-order valence-electron chi connectivity index (χ4n) is 3.57. The van der Waals surface area contributed by atoms with Gasteiger partial charge >= 0.3 is 0 Å². The number of benzene rings is 2. The number of hydrogen-bond donors (Lipinski definition) is 2. The molecule has 0 fully saturated rings. The first kappa shape index (κ1) is 23.4. The Bertz CT molecular complexity index is 1330. The van der Waals surface area contributed by atoms with Crippen LogP contribution in [0.1, 0.15) is 34.5 Å². The molecule has 7 nitrogen and oxygen atoms in total. The minimum atomic E-state index is -0.312. The molecule has 0 bridgehead atoms. The number of rotatable bonds is 7. The Kier molecular flexibility index (Phi) is 6.88. The predicted octanol–water partition coefficient (Wildman–Crippen LogP) is 5.49. The van der Waals surface area contributed by atoms with E-state index in [1.165, 1.54) is 0 Å². The number of nitrogens with zero attached hydrogens (tertiary/aromatic N) is 3. The van der Waals surface area contributed by atoms with Gasteiger partial charge in [0.25, 0.3) is 5.91 Å². The van der Waals surface area contributed by atoms with E-state index in [1.807, 2.05) is 81.9 Å². The molecule has 0 saturated carbocycles. The van der Waals surface area contributed by atoms with E-state index in [2.05, 4.69) is 15.4 Å². The Labute approximate surface area is 203 Å². The molecule has 3 N–H and O–H groups in total. The van der Waals surface area contributed by atoms with Crippen LogP contribution in [0.4, 0.5) is 11.5 Å². The maximum absolute atomic E-state index is 12.8. The Morgan fingerprint density at radius 2 is 1.97 bits per heavy atom. The van der Waals surface area contributed by atoms with E-state index in [9.17, 15) is 4.79 Å². The number of carbonyl (C=O) groups is 1. The molecular formula is C26H27N5O2S. The zero-order valence-corrected chi connectivity index (χ0v) is 20.4. The summed E-state index contributed by atoms with van der Waals surface area (Å²) in [6.07, 6.45) is 7.07. The minimum Gasteiger partial charge on any atom is -0.482 e. The van der Waals surface area contributed by atoms with Crippen molar-refractivity contribution in [3.8, 4) is 16.9 Å². The van der Waals surface area contributed by atoms with Gasteiger partial charge in [-0.15, -0.1) is 11.8 Å². The van der Waals surface area contributed by atoms with Crippen LogP contribution in [0.15, 0.2) is 72.0 Å². The third kappa shape index (κ3) is 5.23. The van der Waals surface area contributed by atoms with E-state index in [1.54, 1.807) is 28.8 Å². The van der Waals surface area contributed by atoms with Gasteiger partial charge in [0.1, 0.15) is 6.10 Å². The van der Waals surface area contributed by atoms with Gasteiger partial charge in [-0.25, -0.2) is 4.98 Å². The molecule has 174 valence electrons. The van der Waals surface area contributed by atoms with Gasteiger partial charge in [-0.2, -0.15) is 5.10 Å². The Morgan fingerprint density at radius 1 is 1.15 bits per heavy atom. The summed E-state index contributed by atoms with van der Waals surface area (Å²) in [7, 11) is 1.86. The van der Waals surface area contributed by atoms with Gasteiger partial charge in [0.2, 0.25) is 0 Å². The lowest BCUT2D eigenvalue weighted by Gasteiger charge is -2.18. The third-order valence-electron chi connectivity index (χ3n) is 5.51.